The van der Waals surface area contributed by atoms with Gasteiger partial charge >= 0.3 is 29.6 Å². The zero-order chi connectivity index (χ0) is 13.7. The normalized spacial score (nSPS) is 10.8. The summed E-state index contributed by atoms with van der Waals surface area (Å²) in [4.78, 5) is 13.2. The first-order valence-corrected chi connectivity index (χ1v) is 5.78. The molecule has 7 nitrogen and oxygen atoms in total. The Balaban J connectivity index is 0.00000324. The number of aromatic nitrogens is 2. The third kappa shape index (κ3) is 4.18. The third-order valence-electron chi connectivity index (χ3n) is 1.92. The number of hydrogen-bond acceptors (Lipinski definition) is 7. The largest absolute Gasteiger partial charge is 1.00 e. The van der Waals surface area contributed by atoms with Gasteiger partial charge in [-0.05, 0) is 18.1 Å². The number of allylic oxidation sites excluding steroid dienone is 1. The van der Waals surface area contributed by atoms with Crippen molar-refractivity contribution in [1.29, 1.82) is 5.26 Å². The summed E-state index contributed by atoms with van der Waals surface area (Å²) >= 11 is 0.813. The van der Waals surface area contributed by atoms with E-state index in [2.05, 4.69) is 9.59 Å². The molecule has 1 rings (SSSR count). The first kappa shape index (κ1) is 17.9. The van der Waals surface area contributed by atoms with Gasteiger partial charge in [0.25, 0.3) is 5.91 Å². The Bertz CT molecular complexity index is 521. The van der Waals surface area contributed by atoms with Crippen LogP contribution in [0.5, 0.6) is 0 Å². The van der Waals surface area contributed by atoms with E-state index in [1.54, 1.807) is 27.1 Å². The molecule has 0 N–H and O–H groups in total. The van der Waals surface area contributed by atoms with Crippen molar-refractivity contribution in [2.24, 2.45) is 0 Å². The summed E-state index contributed by atoms with van der Waals surface area (Å²) in [5.41, 5.74) is -0.272. The fourth-order valence-electron chi connectivity index (χ4n) is 1.10. The van der Waals surface area contributed by atoms with Crippen molar-refractivity contribution < 1.29 is 44.2 Å². The van der Waals surface area contributed by atoms with Gasteiger partial charge in [0.05, 0.1) is 11.5 Å². The van der Waals surface area contributed by atoms with Crippen LogP contribution >= 0.6 is 11.5 Å². The summed E-state index contributed by atoms with van der Waals surface area (Å²) in [6.45, 7) is 1.77. The molecular formula is C10H11N4NaO3S. The molecule has 9 heteroatoms. The van der Waals surface area contributed by atoms with E-state index in [1.807, 2.05) is 0 Å². The second-order valence-electron chi connectivity index (χ2n) is 3.36. The number of hydrogen-bond donors (Lipinski definition) is 0. The van der Waals surface area contributed by atoms with E-state index in [1.165, 1.54) is 4.90 Å². The van der Waals surface area contributed by atoms with Gasteiger partial charge in [0.1, 0.15) is 10.9 Å². The summed E-state index contributed by atoms with van der Waals surface area (Å²) in [5, 5.41) is 24.2. The van der Waals surface area contributed by atoms with E-state index >= 15 is 0 Å². The molecule has 1 aromatic heterocycles. The summed E-state index contributed by atoms with van der Waals surface area (Å²) in [5.74, 6) is -1.20. The number of nitrogens with zero attached hydrogens (tertiary/aromatic N) is 4. The Kier molecular flexibility index (Phi) is 7.63. The van der Waals surface area contributed by atoms with Crippen LogP contribution in [-0.2, 0) is 4.74 Å². The summed E-state index contributed by atoms with van der Waals surface area (Å²) in [7, 11) is 3.09. The van der Waals surface area contributed by atoms with Gasteiger partial charge in [0.15, 0.2) is 5.69 Å². The molecule has 1 aromatic rings. The molecule has 1 heterocycles. The van der Waals surface area contributed by atoms with Crippen molar-refractivity contribution in [3.05, 3.63) is 16.5 Å². The van der Waals surface area contributed by atoms with E-state index in [-0.39, 0.29) is 52.3 Å². The fourth-order valence-corrected chi connectivity index (χ4v) is 1.74. The van der Waals surface area contributed by atoms with Gasteiger partial charge in [-0.3, -0.25) is 4.79 Å². The SMILES string of the molecule is CCOC([O-])=C(C#N)c1snnc1C(=O)N(C)C.[Na+]. The average molecular weight is 290 g/mol. The van der Waals surface area contributed by atoms with Crippen LogP contribution in [0.3, 0.4) is 0 Å². The number of ether oxygens (including phenoxy) is 1. The molecule has 0 aliphatic heterocycles. The van der Waals surface area contributed by atoms with Crippen molar-refractivity contribution >= 4 is 23.0 Å². The Morgan fingerprint density at radius 3 is 2.68 bits per heavy atom. The molecule has 0 fully saturated rings. The van der Waals surface area contributed by atoms with Crippen molar-refractivity contribution in [1.82, 2.24) is 14.5 Å². The van der Waals surface area contributed by atoms with Gasteiger partial charge in [-0.15, -0.1) is 5.10 Å². The molecule has 0 atom stereocenters. The van der Waals surface area contributed by atoms with Crippen LogP contribution in [0.15, 0.2) is 5.95 Å². The van der Waals surface area contributed by atoms with Crippen LogP contribution in [0.4, 0.5) is 0 Å². The molecule has 0 unspecified atom stereocenters. The molecule has 0 saturated heterocycles. The van der Waals surface area contributed by atoms with Crippen LogP contribution in [0.25, 0.3) is 5.57 Å². The van der Waals surface area contributed by atoms with Gasteiger partial charge in [-0.2, -0.15) is 5.26 Å². The second kappa shape index (κ2) is 8.12. The average Bonchev–Trinajstić information content (AvgIpc) is 2.78. The van der Waals surface area contributed by atoms with E-state index < -0.39 is 11.9 Å². The molecule has 0 aromatic carbocycles. The van der Waals surface area contributed by atoms with Crippen LogP contribution in [0, 0.1) is 11.3 Å². The van der Waals surface area contributed by atoms with E-state index in [0.29, 0.717) is 0 Å². The van der Waals surface area contributed by atoms with Gasteiger partial charge in [-0.1, -0.05) is 11.4 Å². The van der Waals surface area contributed by atoms with Crippen molar-refractivity contribution in [2.75, 3.05) is 20.7 Å². The fraction of sp³-hybridized carbons (Fsp3) is 0.400. The molecular weight excluding hydrogens is 279 g/mol. The monoisotopic (exact) mass is 290 g/mol. The number of carbonyl (C=O) groups excluding carboxylic acids is 1. The van der Waals surface area contributed by atoms with Gasteiger partial charge < -0.3 is 14.7 Å². The van der Waals surface area contributed by atoms with Crippen molar-refractivity contribution in [3.8, 4) is 6.07 Å². The minimum atomic E-state index is -0.779. The molecule has 0 aliphatic rings. The Labute approximate surface area is 136 Å². The van der Waals surface area contributed by atoms with Gasteiger partial charge in [-0.25, -0.2) is 0 Å². The quantitative estimate of drug-likeness (QED) is 0.329. The molecule has 1 amide bonds. The Hall–Kier alpha value is -1.14. The molecule has 0 bridgehead atoms. The van der Waals surface area contributed by atoms with E-state index in [9.17, 15) is 9.90 Å². The predicted molar refractivity (Wildman–Crippen MR) is 62.1 cm³/mol. The summed E-state index contributed by atoms with van der Waals surface area (Å²) in [6, 6.07) is 1.73. The minimum absolute atomic E-state index is 0. The Morgan fingerprint density at radius 1 is 1.58 bits per heavy atom. The maximum absolute atomic E-state index is 11.8. The molecule has 0 radical (unpaired) electrons. The van der Waals surface area contributed by atoms with E-state index in [4.69, 9.17) is 10.00 Å². The maximum atomic E-state index is 11.8. The zero-order valence-electron chi connectivity index (χ0n) is 11.1. The van der Waals surface area contributed by atoms with Crippen LogP contribution in [0.1, 0.15) is 22.3 Å². The minimum Gasteiger partial charge on any atom is -0.613 e. The van der Waals surface area contributed by atoms with Crippen molar-refractivity contribution in [2.45, 2.75) is 6.92 Å². The Morgan fingerprint density at radius 2 is 2.21 bits per heavy atom. The smallest absolute Gasteiger partial charge is 0.613 e. The summed E-state index contributed by atoms with van der Waals surface area (Å²) < 4.78 is 8.34. The van der Waals surface area contributed by atoms with Gasteiger partial charge in [0, 0.05) is 14.1 Å². The first-order chi connectivity index (χ1) is 8.52. The third-order valence-corrected chi connectivity index (χ3v) is 2.66. The van der Waals surface area contributed by atoms with Gasteiger partial charge in [0.2, 0.25) is 0 Å². The molecule has 96 valence electrons. The summed E-state index contributed by atoms with van der Waals surface area (Å²) in [6.07, 6.45) is 0. The molecule has 19 heavy (non-hydrogen) atoms. The zero-order valence-corrected chi connectivity index (χ0v) is 13.9. The molecule has 0 saturated carbocycles. The second-order valence-corrected chi connectivity index (χ2v) is 4.11. The number of nitriles is 1. The number of rotatable bonds is 4. The van der Waals surface area contributed by atoms with Crippen molar-refractivity contribution in [3.63, 3.8) is 0 Å². The molecule has 0 spiro atoms. The maximum Gasteiger partial charge on any atom is 1.00 e. The van der Waals surface area contributed by atoms with Crippen LogP contribution < -0.4 is 34.7 Å². The van der Waals surface area contributed by atoms with E-state index in [0.717, 1.165) is 11.5 Å². The molecule has 0 aliphatic carbocycles. The number of amides is 1. The predicted octanol–water partition coefficient (Wildman–Crippen LogP) is -3.17. The van der Waals surface area contributed by atoms with Crippen LogP contribution in [-0.4, -0.2) is 41.1 Å². The van der Waals surface area contributed by atoms with Crippen LogP contribution in [0.2, 0.25) is 0 Å². The topological polar surface area (TPSA) is 102 Å². The first-order valence-electron chi connectivity index (χ1n) is 5.01. The standard InChI is InChI=1S/C10H12N4O3S.Na/c1-4-17-10(16)6(5-11)8-7(12-13-18-8)9(15)14(2)3;/h16H,4H2,1-3H3;/q;+1/p-1. The number of carbonyl (C=O) groups is 1.